The van der Waals surface area contributed by atoms with Crippen molar-refractivity contribution in [3.63, 3.8) is 0 Å². The fourth-order valence-corrected chi connectivity index (χ4v) is 3.74. The summed E-state index contributed by atoms with van der Waals surface area (Å²) in [5, 5.41) is 3.69. The Morgan fingerprint density at radius 2 is 1.74 bits per heavy atom. The van der Waals surface area contributed by atoms with Crippen LogP contribution in [0.15, 0.2) is 59.5 Å². The van der Waals surface area contributed by atoms with Crippen molar-refractivity contribution in [3.8, 4) is 11.4 Å². The van der Waals surface area contributed by atoms with E-state index >= 15 is 0 Å². The Morgan fingerprint density at radius 1 is 1.06 bits per heavy atom. The molecule has 1 amide bonds. The first kappa shape index (κ1) is 22.4. The number of carbonyl (C=O) groups is 2. The number of aromatic nitrogens is 1. The molecule has 0 aliphatic carbocycles. The molecule has 1 heterocycles. The van der Waals surface area contributed by atoms with Gasteiger partial charge in [0.15, 0.2) is 0 Å². The number of rotatable bonds is 8. The maximum atomic E-state index is 13.2. The summed E-state index contributed by atoms with van der Waals surface area (Å²) in [6.07, 6.45) is 3.87. The molecule has 2 aromatic carbocycles. The van der Waals surface area contributed by atoms with E-state index in [0.29, 0.717) is 39.9 Å². The van der Waals surface area contributed by atoms with Crippen LogP contribution in [-0.2, 0) is 9.53 Å². The lowest BCUT2D eigenvalue weighted by molar-refractivity contribution is -0.142. The van der Waals surface area contributed by atoms with E-state index < -0.39 is 17.9 Å². The molecule has 1 N–H and O–H groups in total. The molecule has 1 atom stereocenters. The Labute approximate surface area is 184 Å². The van der Waals surface area contributed by atoms with Gasteiger partial charge in [-0.1, -0.05) is 18.2 Å². The van der Waals surface area contributed by atoms with Crippen molar-refractivity contribution >= 4 is 34.4 Å². The second kappa shape index (κ2) is 10.2. The lowest BCUT2D eigenvalue weighted by Crippen LogP contribution is -2.42. The van der Waals surface area contributed by atoms with Gasteiger partial charge in [-0.3, -0.25) is 14.2 Å². The maximum Gasteiger partial charge on any atom is 0.328 e. The number of amides is 1. The molecular formula is C23H24N2O5S. The summed E-state index contributed by atoms with van der Waals surface area (Å²) in [5.74, 6) is 0.391. The highest BCUT2D eigenvalue weighted by atomic mass is 32.2. The normalized spacial score (nSPS) is 11.7. The molecular weight excluding hydrogens is 416 g/mol. The van der Waals surface area contributed by atoms with E-state index in [2.05, 4.69) is 5.32 Å². The quantitative estimate of drug-likeness (QED) is 0.542. The number of fused-ring (bicyclic) bond motifs is 1. The predicted molar refractivity (Wildman–Crippen MR) is 122 cm³/mol. The minimum absolute atomic E-state index is 0.246. The van der Waals surface area contributed by atoms with Crippen LogP contribution in [0.2, 0.25) is 0 Å². The third-order valence-electron chi connectivity index (χ3n) is 4.92. The Bertz CT molecular complexity index is 1140. The molecule has 0 spiro atoms. The molecule has 7 nitrogen and oxygen atoms in total. The van der Waals surface area contributed by atoms with E-state index in [1.165, 1.54) is 17.9 Å². The highest BCUT2D eigenvalue weighted by molar-refractivity contribution is 7.98. The number of thioether (sulfide) groups is 1. The van der Waals surface area contributed by atoms with Gasteiger partial charge in [0.2, 0.25) is 0 Å². The second-order valence-electron chi connectivity index (χ2n) is 6.79. The zero-order valence-electron chi connectivity index (χ0n) is 17.6. The summed E-state index contributed by atoms with van der Waals surface area (Å²) in [7, 11) is 2.86. The number of methoxy groups -OCH3 is 2. The van der Waals surface area contributed by atoms with Gasteiger partial charge in [0.25, 0.3) is 11.5 Å². The molecule has 0 bridgehead atoms. The molecule has 0 aliphatic rings. The van der Waals surface area contributed by atoms with Crippen molar-refractivity contribution in [1.29, 1.82) is 0 Å². The summed E-state index contributed by atoms with van der Waals surface area (Å²) in [4.78, 5) is 38.4. The molecule has 31 heavy (non-hydrogen) atoms. The second-order valence-corrected chi connectivity index (χ2v) is 7.78. The van der Waals surface area contributed by atoms with Gasteiger partial charge in [0.1, 0.15) is 11.8 Å². The van der Waals surface area contributed by atoms with Crippen LogP contribution >= 0.6 is 11.8 Å². The highest BCUT2D eigenvalue weighted by Gasteiger charge is 2.23. The van der Waals surface area contributed by atoms with E-state index in [0.717, 1.165) is 0 Å². The molecule has 162 valence electrons. The number of esters is 1. The lowest BCUT2D eigenvalue weighted by Gasteiger charge is -2.18. The fraction of sp³-hybridized carbons (Fsp3) is 0.261. The standard InChI is InChI=1S/C23H24N2O5S/c1-29-16-10-8-15(9-11-16)25-14-19(17-6-4-5-7-18(17)22(25)27)21(26)24-20(12-13-31-3)23(28)30-2/h4-11,14,20H,12-13H2,1-3H3,(H,24,26). The van der Waals surface area contributed by atoms with E-state index in [1.54, 1.807) is 67.4 Å². The molecule has 1 aromatic heterocycles. The van der Waals surface area contributed by atoms with Crippen molar-refractivity contribution in [2.24, 2.45) is 0 Å². The molecule has 0 aliphatic heterocycles. The molecule has 0 radical (unpaired) electrons. The van der Waals surface area contributed by atoms with Crippen LogP contribution in [0.25, 0.3) is 16.5 Å². The molecule has 8 heteroatoms. The first-order chi connectivity index (χ1) is 15.0. The third-order valence-corrected chi connectivity index (χ3v) is 5.57. The number of nitrogens with one attached hydrogen (secondary N) is 1. The van der Waals surface area contributed by atoms with Crippen LogP contribution in [-0.4, -0.2) is 48.7 Å². The van der Waals surface area contributed by atoms with Crippen molar-refractivity contribution in [2.75, 3.05) is 26.2 Å². The van der Waals surface area contributed by atoms with Gasteiger partial charge in [0, 0.05) is 22.7 Å². The summed E-state index contributed by atoms with van der Waals surface area (Å²) in [6.45, 7) is 0. The molecule has 3 aromatic rings. The Hall–Kier alpha value is -3.26. The van der Waals surface area contributed by atoms with E-state index in [9.17, 15) is 14.4 Å². The van der Waals surface area contributed by atoms with Crippen molar-refractivity contribution in [1.82, 2.24) is 9.88 Å². The van der Waals surface area contributed by atoms with E-state index in [1.807, 2.05) is 6.26 Å². The number of hydrogen-bond acceptors (Lipinski definition) is 6. The topological polar surface area (TPSA) is 86.6 Å². The van der Waals surface area contributed by atoms with Gasteiger partial charge in [-0.15, -0.1) is 0 Å². The van der Waals surface area contributed by atoms with Crippen molar-refractivity contribution in [2.45, 2.75) is 12.5 Å². The average molecular weight is 441 g/mol. The van der Waals surface area contributed by atoms with Crippen LogP contribution in [0.1, 0.15) is 16.8 Å². The highest BCUT2D eigenvalue weighted by Crippen LogP contribution is 2.20. The average Bonchev–Trinajstić information content (AvgIpc) is 2.81. The summed E-state index contributed by atoms with van der Waals surface area (Å²) in [5.41, 5.74) is 0.644. The van der Waals surface area contributed by atoms with Crippen molar-refractivity contribution < 1.29 is 19.1 Å². The van der Waals surface area contributed by atoms with Crippen LogP contribution in [0.5, 0.6) is 5.75 Å². The number of hydrogen-bond donors (Lipinski definition) is 1. The summed E-state index contributed by atoms with van der Waals surface area (Å²) >= 11 is 1.57. The zero-order chi connectivity index (χ0) is 22.4. The van der Waals surface area contributed by atoms with Gasteiger partial charge < -0.3 is 14.8 Å². The van der Waals surface area contributed by atoms with E-state index in [-0.39, 0.29) is 5.56 Å². The van der Waals surface area contributed by atoms with Gasteiger partial charge in [0.05, 0.1) is 19.8 Å². The van der Waals surface area contributed by atoms with E-state index in [4.69, 9.17) is 9.47 Å². The first-order valence-electron chi connectivity index (χ1n) is 9.66. The SMILES string of the molecule is COC(=O)C(CCSC)NC(=O)c1cn(-c2ccc(OC)cc2)c(=O)c2ccccc12. The molecule has 0 fully saturated rings. The van der Waals surface area contributed by atoms with Gasteiger partial charge >= 0.3 is 5.97 Å². The Balaban J connectivity index is 2.08. The monoisotopic (exact) mass is 440 g/mol. The van der Waals surface area contributed by atoms with Crippen LogP contribution < -0.4 is 15.6 Å². The maximum absolute atomic E-state index is 13.2. The first-order valence-corrected chi connectivity index (χ1v) is 11.1. The smallest absolute Gasteiger partial charge is 0.328 e. The number of carbonyl (C=O) groups excluding carboxylic acids is 2. The van der Waals surface area contributed by atoms with Gasteiger partial charge in [-0.2, -0.15) is 11.8 Å². The predicted octanol–water partition coefficient (Wildman–Crippen LogP) is 3.02. The minimum atomic E-state index is -0.773. The van der Waals surface area contributed by atoms with Crippen molar-refractivity contribution in [3.05, 3.63) is 70.6 Å². The molecule has 0 saturated heterocycles. The summed E-state index contributed by atoms with van der Waals surface area (Å²) < 4.78 is 11.4. The molecule has 0 saturated carbocycles. The third kappa shape index (κ3) is 4.91. The minimum Gasteiger partial charge on any atom is -0.497 e. The Morgan fingerprint density at radius 3 is 2.35 bits per heavy atom. The molecule has 1 unspecified atom stereocenters. The number of pyridine rings is 1. The number of nitrogens with zero attached hydrogens (tertiary/aromatic N) is 1. The van der Waals surface area contributed by atoms with Crippen LogP contribution in [0.3, 0.4) is 0 Å². The fourth-order valence-electron chi connectivity index (χ4n) is 3.27. The van der Waals surface area contributed by atoms with Crippen LogP contribution in [0.4, 0.5) is 0 Å². The zero-order valence-corrected chi connectivity index (χ0v) is 18.4. The van der Waals surface area contributed by atoms with Gasteiger partial charge in [-0.25, -0.2) is 4.79 Å². The largest absolute Gasteiger partial charge is 0.497 e. The summed E-state index contributed by atoms with van der Waals surface area (Å²) in [6, 6.07) is 13.1. The number of ether oxygens (including phenoxy) is 2. The Kier molecular flexibility index (Phi) is 7.36. The van der Waals surface area contributed by atoms with Crippen LogP contribution in [0, 0.1) is 0 Å². The van der Waals surface area contributed by atoms with Gasteiger partial charge in [-0.05, 0) is 48.8 Å². The molecule has 3 rings (SSSR count). The number of benzene rings is 2. The lowest BCUT2D eigenvalue weighted by atomic mass is 10.1.